The maximum atomic E-state index is 9.32. The molecular weight excluding hydrogens is 452 g/mol. The molecule has 0 radical (unpaired) electrons. The first-order chi connectivity index (χ1) is 17.2. The summed E-state index contributed by atoms with van der Waals surface area (Å²) in [7, 11) is 1.65. The summed E-state index contributed by atoms with van der Waals surface area (Å²) < 4.78 is 6.99. The van der Waals surface area contributed by atoms with Crippen LogP contribution in [0.5, 0.6) is 0 Å². The Bertz CT molecular complexity index is 1380. The van der Waals surface area contributed by atoms with Crippen LogP contribution in [0.1, 0.15) is 44.6 Å². The number of benzene rings is 1. The molecule has 9 nitrogen and oxygen atoms in total. The lowest BCUT2D eigenvalue weighted by atomic mass is 9.91. The van der Waals surface area contributed by atoms with E-state index in [0.29, 0.717) is 41.7 Å². The van der Waals surface area contributed by atoms with Gasteiger partial charge in [0.1, 0.15) is 5.69 Å². The molecule has 36 heavy (non-hydrogen) atoms. The Labute approximate surface area is 211 Å². The van der Waals surface area contributed by atoms with E-state index < -0.39 is 0 Å². The highest BCUT2D eigenvalue weighted by atomic mass is 16.5. The lowest BCUT2D eigenvalue weighted by molar-refractivity contribution is 0.190. The van der Waals surface area contributed by atoms with Crippen molar-refractivity contribution in [3.8, 4) is 28.7 Å². The highest BCUT2D eigenvalue weighted by Crippen LogP contribution is 2.25. The minimum absolute atomic E-state index is 0.000363. The number of rotatable bonds is 8. The Morgan fingerprint density at radius 2 is 1.81 bits per heavy atom. The molecule has 0 unspecified atom stereocenters. The summed E-state index contributed by atoms with van der Waals surface area (Å²) in [4.78, 5) is 14.2. The highest BCUT2D eigenvalue weighted by Gasteiger charge is 2.17. The molecular formula is C27H30N8O. The van der Waals surface area contributed by atoms with Crippen LogP contribution >= 0.6 is 0 Å². The topological polar surface area (TPSA) is 114 Å². The van der Waals surface area contributed by atoms with Gasteiger partial charge in [-0.25, -0.2) is 14.6 Å². The predicted octanol–water partition coefficient (Wildman–Crippen LogP) is 4.46. The van der Waals surface area contributed by atoms with Crippen LogP contribution < -0.4 is 5.32 Å². The van der Waals surface area contributed by atoms with Crippen LogP contribution in [0.15, 0.2) is 54.7 Å². The lowest BCUT2D eigenvalue weighted by Crippen LogP contribution is -2.22. The predicted molar refractivity (Wildman–Crippen MR) is 138 cm³/mol. The second-order valence-corrected chi connectivity index (χ2v) is 9.72. The van der Waals surface area contributed by atoms with Crippen LogP contribution in [-0.4, -0.2) is 49.7 Å². The van der Waals surface area contributed by atoms with Crippen molar-refractivity contribution in [2.75, 3.05) is 19.0 Å². The van der Waals surface area contributed by atoms with Crippen molar-refractivity contribution >= 4 is 5.95 Å². The quantitative estimate of drug-likeness (QED) is 0.391. The molecule has 3 aromatic heterocycles. The third kappa shape index (κ3) is 6.09. The van der Waals surface area contributed by atoms with Gasteiger partial charge in [-0.2, -0.15) is 5.26 Å². The van der Waals surface area contributed by atoms with Crippen LogP contribution in [0, 0.1) is 11.3 Å². The number of pyridine rings is 1. The smallest absolute Gasteiger partial charge is 0.224 e. The summed E-state index contributed by atoms with van der Waals surface area (Å²) in [5.74, 6) is 0.448. The molecule has 0 saturated carbocycles. The van der Waals surface area contributed by atoms with Gasteiger partial charge in [-0.1, -0.05) is 44.2 Å². The molecule has 4 rings (SSSR count). The van der Waals surface area contributed by atoms with Gasteiger partial charge in [0, 0.05) is 29.8 Å². The fraction of sp³-hybridized carbons (Fsp3) is 0.333. The maximum absolute atomic E-state index is 9.32. The van der Waals surface area contributed by atoms with Gasteiger partial charge in [0.25, 0.3) is 0 Å². The van der Waals surface area contributed by atoms with E-state index >= 15 is 0 Å². The minimum Gasteiger partial charge on any atom is -0.383 e. The Hall–Kier alpha value is -4.16. The van der Waals surface area contributed by atoms with E-state index in [1.165, 1.54) is 0 Å². The summed E-state index contributed by atoms with van der Waals surface area (Å²) in [5, 5.41) is 21.3. The Morgan fingerprint density at radius 1 is 1.03 bits per heavy atom. The van der Waals surface area contributed by atoms with Gasteiger partial charge >= 0.3 is 0 Å². The van der Waals surface area contributed by atoms with Crippen molar-refractivity contribution in [3.05, 3.63) is 71.7 Å². The number of nitrogens with one attached hydrogen (secondary N) is 1. The van der Waals surface area contributed by atoms with Crippen LogP contribution in [-0.2, 0) is 16.7 Å². The van der Waals surface area contributed by atoms with E-state index in [2.05, 4.69) is 52.4 Å². The van der Waals surface area contributed by atoms with E-state index in [9.17, 15) is 5.26 Å². The zero-order chi connectivity index (χ0) is 25.7. The molecule has 0 fully saturated rings. The number of hydrogen-bond donors (Lipinski definition) is 1. The van der Waals surface area contributed by atoms with Crippen molar-refractivity contribution in [1.29, 1.82) is 5.26 Å². The number of methoxy groups -OCH3 is 1. The van der Waals surface area contributed by atoms with Crippen molar-refractivity contribution in [2.45, 2.75) is 45.7 Å². The highest BCUT2D eigenvalue weighted by molar-refractivity contribution is 5.68. The number of anilines is 1. The summed E-state index contributed by atoms with van der Waals surface area (Å²) in [6, 6.07) is 17.4. The fourth-order valence-corrected chi connectivity index (χ4v) is 3.70. The van der Waals surface area contributed by atoms with Gasteiger partial charge in [-0.15, -0.1) is 5.10 Å². The van der Waals surface area contributed by atoms with Crippen molar-refractivity contribution in [3.63, 3.8) is 0 Å². The van der Waals surface area contributed by atoms with E-state index in [1.54, 1.807) is 23.9 Å². The molecule has 0 aliphatic carbocycles. The molecule has 1 aromatic carbocycles. The first kappa shape index (κ1) is 24.9. The van der Waals surface area contributed by atoms with Gasteiger partial charge in [0.2, 0.25) is 5.95 Å². The maximum Gasteiger partial charge on any atom is 0.224 e. The monoisotopic (exact) mass is 482 g/mol. The van der Waals surface area contributed by atoms with Crippen molar-refractivity contribution < 1.29 is 4.74 Å². The van der Waals surface area contributed by atoms with Gasteiger partial charge in [-0.05, 0) is 37.3 Å². The average molecular weight is 483 g/mol. The number of hydrogen-bond acceptors (Lipinski definition) is 8. The van der Waals surface area contributed by atoms with Gasteiger partial charge in [0.15, 0.2) is 0 Å². The average Bonchev–Trinajstić information content (AvgIpc) is 3.32. The summed E-state index contributed by atoms with van der Waals surface area (Å²) >= 11 is 0. The normalized spacial score (nSPS) is 12.2. The second-order valence-electron chi connectivity index (χ2n) is 9.72. The zero-order valence-electron chi connectivity index (χ0n) is 21.2. The third-order valence-electron chi connectivity index (χ3n) is 5.51. The zero-order valence-corrected chi connectivity index (χ0v) is 21.2. The number of aromatic nitrogens is 6. The van der Waals surface area contributed by atoms with Gasteiger partial charge in [0.05, 0.1) is 48.1 Å². The number of nitrogens with zero attached hydrogens (tertiary/aromatic N) is 7. The van der Waals surface area contributed by atoms with Crippen molar-refractivity contribution in [2.24, 2.45) is 0 Å². The molecule has 4 aromatic rings. The minimum atomic E-state index is -0.0346. The molecule has 0 aliphatic heterocycles. The molecule has 1 N–H and O–H groups in total. The van der Waals surface area contributed by atoms with Crippen LogP contribution in [0.25, 0.3) is 22.6 Å². The van der Waals surface area contributed by atoms with Crippen LogP contribution in [0.4, 0.5) is 5.95 Å². The molecule has 0 aliphatic rings. The first-order valence-electron chi connectivity index (χ1n) is 11.8. The molecule has 9 heteroatoms. The Kier molecular flexibility index (Phi) is 7.36. The summed E-state index contributed by atoms with van der Waals surface area (Å²) in [6.45, 7) is 9.42. The number of ether oxygens (including phenoxy) is 1. The lowest BCUT2D eigenvalue weighted by Gasteiger charge is -2.18. The molecule has 0 bridgehead atoms. The van der Waals surface area contributed by atoms with E-state index in [-0.39, 0.29) is 11.5 Å². The second kappa shape index (κ2) is 10.6. The molecule has 0 amide bonds. The largest absolute Gasteiger partial charge is 0.383 e. The third-order valence-corrected chi connectivity index (χ3v) is 5.51. The fourth-order valence-electron chi connectivity index (χ4n) is 3.70. The van der Waals surface area contributed by atoms with Crippen LogP contribution in [0.3, 0.4) is 0 Å². The molecule has 3 heterocycles. The van der Waals surface area contributed by atoms with E-state index in [0.717, 1.165) is 17.0 Å². The molecule has 0 saturated heterocycles. The van der Waals surface area contributed by atoms with Gasteiger partial charge in [-0.3, -0.25) is 4.98 Å². The Morgan fingerprint density at radius 3 is 2.56 bits per heavy atom. The van der Waals surface area contributed by atoms with E-state index in [4.69, 9.17) is 9.72 Å². The SMILES string of the molecule is COC[C@H](C)Nc1nc(-c2cccc(C#N)c2)cc(-c2cn(Cc3cccc(C(C)(C)C)n3)nn2)n1. The van der Waals surface area contributed by atoms with Crippen LogP contribution in [0.2, 0.25) is 0 Å². The molecule has 184 valence electrons. The van der Waals surface area contributed by atoms with Crippen molar-refractivity contribution in [1.82, 2.24) is 29.9 Å². The number of nitriles is 1. The molecule has 0 spiro atoms. The molecule has 1 atom stereocenters. The summed E-state index contributed by atoms with van der Waals surface area (Å²) in [5.41, 5.74) is 5.20. The van der Waals surface area contributed by atoms with Gasteiger partial charge < -0.3 is 10.1 Å². The summed E-state index contributed by atoms with van der Waals surface area (Å²) in [6.07, 6.45) is 1.85. The Balaban J connectivity index is 1.67. The standard InChI is InChI=1S/C27H30N8O/c1-18(17-36-5)29-26-31-22(20-9-6-8-19(12-20)14-28)13-23(32-26)24-16-35(34-33-24)15-21-10-7-11-25(30-21)27(2,3)4/h6-13,16,18H,15,17H2,1-5H3,(H,29,31,32)/t18-/m0/s1. The first-order valence-corrected chi connectivity index (χ1v) is 11.8. The van der Waals surface area contributed by atoms with E-state index in [1.807, 2.05) is 49.5 Å².